The molecule has 35 heavy (non-hydrogen) atoms. The predicted octanol–water partition coefficient (Wildman–Crippen LogP) is 8.06. The quantitative estimate of drug-likeness (QED) is 0.357. The van der Waals surface area contributed by atoms with Crippen molar-refractivity contribution in [1.29, 1.82) is 0 Å². The van der Waals surface area contributed by atoms with Gasteiger partial charge >= 0.3 is 5.97 Å². The summed E-state index contributed by atoms with van der Waals surface area (Å²) in [5.41, 5.74) is -0.521. The van der Waals surface area contributed by atoms with Gasteiger partial charge in [-0.2, -0.15) is 0 Å². The predicted molar refractivity (Wildman–Crippen MR) is 128 cm³/mol. The Labute approximate surface area is 205 Å². The lowest BCUT2D eigenvalue weighted by Gasteiger charge is -2.56. The lowest BCUT2D eigenvalue weighted by Crippen LogP contribution is -2.50. The maximum absolute atomic E-state index is 14.2. The molecule has 182 valence electrons. The molecule has 3 aromatic carbocycles. The molecule has 0 amide bonds. The van der Waals surface area contributed by atoms with E-state index in [1.807, 2.05) is 0 Å². The molecule has 6 heteroatoms. The maximum atomic E-state index is 14.2. The van der Waals surface area contributed by atoms with E-state index in [-0.39, 0.29) is 5.97 Å². The van der Waals surface area contributed by atoms with Gasteiger partial charge < -0.3 is 4.18 Å². The monoisotopic (exact) mass is 496 g/mol. The molecule has 3 aromatic rings. The van der Waals surface area contributed by atoms with Gasteiger partial charge in [-0.05, 0) is 139 Å². The first kappa shape index (κ1) is 22.7. The van der Waals surface area contributed by atoms with Crippen LogP contribution in [0.5, 0.6) is 0 Å². The van der Waals surface area contributed by atoms with Crippen LogP contribution in [0, 0.1) is 40.6 Å². The number of rotatable bonds is 5. The standard InChI is InChI=1S/C29H27F3O2S/c30-22-1-7-25(8-2-22)35(26-9-3-23(31)4-10-26,27-11-5-24(32)6-12-27)34-28(33)29-16-19-13-20(17-29)15-21(14-19)18-29/h1-12,19-21H,13-18H2. The molecule has 4 bridgehead atoms. The molecule has 0 radical (unpaired) electrons. The van der Waals surface area contributed by atoms with E-state index in [0.717, 1.165) is 19.3 Å². The Morgan fingerprint density at radius 3 is 1.26 bits per heavy atom. The van der Waals surface area contributed by atoms with Crippen LogP contribution in [0.15, 0.2) is 87.5 Å². The van der Waals surface area contributed by atoms with Crippen molar-refractivity contribution in [3.63, 3.8) is 0 Å². The molecule has 0 spiro atoms. The topological polar surface area (TPSA) is 26.3 Å². The molecule has 0 unspecified atom stereocenters. The summed E-state index contributed by atoms with van der Waals surface area (Å²) < 4.78 is 48.5. The number of halogens is 3. The number of hydrogen-bond donors (Lipinski definition) is 0. The molecule has 0 aromatic heterocycles. The van der Waals surface area contributed by atoms with Crippen molar-refractivity contribution >= 4 is 16.3 Å². The molecule has 7 rings (SSSR count). The fourth-order valence-corrected chi connectivity index (χ4v) is 10.1. The van der Waals surface area contributed by atoms with Gasteiger partial charge in [0, 0.05) is 14.7 Å². The minimum Gasteiger partial charge on any atom is -0.402 e. The zero-order valence-electron chi connectivity index (χ0n) is 19.3. The van der Waals surface area contributed by atoms with Crippen molar-refractivity contribution in [3.05, 3.63) is 90.2 Å². The van der Waals surface area contributed by atoms with E-state index in [4.69, 9.17) is 4.18 Å². The van der Waals surface area contributed by atoms with Gasteiger partial charge in [-0.15, -0.1) is 0 Å². The Balaban J connectivity index is 1.52. The van der Waals surface area contributed by atoms with Crippen LogP contribution >= 0.6 is 10.3 Å². The Hall–Kier alpha value is -2.73. The lowest BCUT2D eigenvalue weighted by molar-refractivity contribution is -0.160. The van der Waals surface area contributed by atoms with E-state index in [1.54, 1.807) is 36.4 Å². The molecule has 4 aliphatic rings. The number of carbonyl (C=O) groups is 1. The summed E-state index contributed by atoms with van der Waals surface area (Å²) in [5.74, 6) is 0.208. The van der Waals surface area contributed by atoms with Gasteiger partial charge in [0.1, 0.15) is 17.5 Å². The highest BCUT2D eigenvalue weighted by atomic mass is 32.3. The van der Waals surface area contributed by atoms with Crippen LogP contribution in [0.1, 0.15) is 38.5 Å². The fraction of sp³-hybridized carbons (Fsp3) is 0.345. The summed E-state index contributed by atoms with van der Waals surface area (Å²) in [6.45, 7) is 0. The van der Waals surface area contributed by atoms with Gasteiger partial charge in [0.15, 0.2) is 0 Å². The largest absolute Gasteiger partial charge is 0.402 e. The highest BCUT2D eigenvalue weighted by molar-refractivity contribution is 8.30. The van der Waals surface area contributed by atoms with Crippen molar-refractivity contribution in [2.24, 2.45) is 23.2 Å². The maximum Gasteiger partial charge on any atom is 0.323 e. The molecule has 4 fully saturated rings. The van der Waals surface area contributed by atoms with Gasteiger partial charge in [0.2, 0.25) is 0 Å². The molecular formula is C29H27F3O2S. The van der Waals surface area contributed by atoms with Crippen molar-refractivity contribution in [2.45, 2.75) is 53.2 Å². The van der Waals surface area contributed by atoms with Crippen molar-refractivity contribution < 1.29 is 22.1 Å². The van der Waals surface area contributed by atoms with Crippen LogP contribution < -0.4 is 0 Å². The fourth-order valence-electron chi connectivity index (χ4n) is 6.99. The third-order valence-corrected chi connectivity index (χ3v) is 11.3. The second-order valence-corrected chi connectivity index (χ2v) is 13.2. The van der Waals surface area contributed by atoms with E-state index in [9.17, 15) is 18.0 Å². The minimum atomic E-state index is -2.73. The molecule has 4 saturated carbocycles. The minimum absolute atomic E-state index is 0.232. The summed E-state index contributed by atoms with van der Waals surface area (Å²) in [6.07, 6.45) is 6.09. The van der Waals surface area contributed by atoms with Crippen LogP contribution in [0.3, 0.4) is 0 Å². The Morgan fingerprint density at radius 1 is 0.629 bits per heavy atom. The summed E-state index contributed by atoms with van der Waals surface area (Å²) in [7, 11) is -2.73. The smallest absolute Gasteiger partial charge is 0.323 e. The Morgan fingerprint density at radius 2 is 0.943 bits per heavy atom. The second-order valence-electron chi connectivity index (χ2n) is 10.5. The molecule has 2 nitrogen and oxygen atoms in total. The zero-order chi connectivity index (χ0) is 24.2. The van der Waals surface area contributed by atoms with E-state index in [0.29, 0.717) is 32.4 Å². The van der Waals surface area contributed by atoms with Gasteiger partial charge in [0.25, 0.3) is 0 Å². The number of carbonyl (C=O) groups excluding carboxylic acids is 1. The lowest BCUT2D eigenvalue weighted by atomic mass is 9.49. The van der Waals surface area contributed by atoms with E-state index in [1.165, 1.54) is 55.7 Å². The molecule has 0 atom stereocenters. The summed E-state index contributed by atoms with van der Waals surface area (Å²) in [4.78, 5) is 16.0. The zero-order valence-corrected chi connectivity index (χ0v) is 20.1. The van der Waals surface area contributed by atoms with Crippen molar-refractivity contribution in [2.75, 3.05) is 0 Å². The van der Waals surface area contributed by atoms with E-state index in [2.05, 4.69) is 0 Å². The van der Waals surface area contributed by atoms with E-state index >= 15 is 0 Å². The van der Waals surface area contributed by atoms with Crippen LogP contribution in [0.2, 0.25) is 0 Å². The number of hydrogen-bond acceptors (Lipinski definition) is 2. The van der Waals surface area contributed by atoms with Crippen LogP contribution in [0.25, 0.3) is 0 Å². The van der Waals surface area contributed by atoms with E-state index < -0.39 is 33.2 Å². The van der Waals surface area contributed by atoms with Gasteiger partial charge in [0.05, 0.1) is 5.41 Å². The Kier molecular flexibility index (Phi) is 5.48. The first-order valence-electron chi connectivity index (χ1n) is 12.2. The van der Waals surface area contributed by atoms with Crippen molar-refractivity contribution in [3.8, 4) is 0 Å². The SMILES string of the molecule is O=C(OS(c1ccc(F)cc1)(c1ccc(F)cc1)c1ccc(F)cc1)C12CC3CC(CC(C3)C1)C2. The third kappa shape index (κ3) is 3.86. The average Bonchev–Trinajstić information content (AvgIpc) is 2.83. The highest BCUT2D eigenvalue weighted by Gasteiger charge is 2.57. The van der Waals surface area contributed by atoms with Crippen LogP contribution in [0.4, 0.5) is 13.2 Å². The second kappa shape index (κ2) is 8.44. The Bertz CT molecular complexity index is 1090. The van der Waals surface area contributed by atoms with Crippen LogP contribution in [-0.4, -0.2) is 5.97 Å². The van der Waals surface area contributed by atoms with Crippen molar-refractivity contribution in [1.82, 2.24) is 0 Å². The third-order valence-electron chi connectivity index (χ3n) is 8.11. The molecule has 0 N–H and O–H groups in total. The van der Waals surface area contributed by atoms with Gasteiger partial charge in [-0.3, -0.25) is 4.79 Å². The molecular weight excluding hydrogens is 469 g/mol. The van der Waals surface area contributed by atoms with Crippen LogP contribution in [-0.2, 0) is 8.98 Å². The first-order chi connectivity index (χ1) is 16.9. The normalized spacial score (nSPS) is 27.6. The number of benzene rings is 3. The van der Waals surface area contributed by atoms with Gasteiger partial charge in [-0.1, -0.05) is 0 Å². The molecule has 4 aliphatic carbocycles. The average molecular weight is 497 g/mol. The molecule has 0 saturated heterocycles. The summed E-state index contributed by atoms with van der Waals surface area (Å²) >= 11 is 0. The molecule has 0 heterocycles. The van der Waals surface area contributed by atoms with Gasteiger partial charge in [-0.25, -0.2) is 13.2 Å². The summed E-state index contributed by atoms with van der Waals surface area (Å²) in [6, 6.07) is 17.7. The molecule has 0 aliphatic heterocycles. The first-order valence-corrected chi connectivity index (χ1v) is 13.8. The summed E-state index contributed by atoms with van der Waals surface area (Å²) in [5, 5.41) is 0. The highest BCUT2D eigenvalue weighted by Crippen LogP contribution is 2.71.